The van der Waals surface area contributed by atoms with Crippen LogP contribution in [-0.2, 0) is 6.54 Å². The van der Waals surface area contributed by atoms with Crippen molar-refractivity contribution in [3.63, 3.8) is 0 Å². The number of hydrogen-bond donors (Lipinski definition) is 1. The van der Waals surface area contributed by atoms with Crippen molar-refractivity contribution in [3.8, 4) is 5.88 Å². The Morgan fingerprint density at radius 2 is 2.24 bits per heavy atom. The predicted molar refractivity (Wildman–Crippen MR) is 63.4 cm³/mol. The largest absolute Gasteiger partial charge is 0.492 e. The maximum atomic E-state index is 13.0. The van der Waals surface area contributed by atoms with Crippen molar-refractivity contribution >= 4 is 15.9 Å². The Morgan fingerprint density at radius 3 is 2.94 bits per heavy atom. The van der Waals surface area contributed by atoms with Gasteiger partial charge in [-0.1, -0.05) is 12.1 Å². The minimum absolute atomic E-state index is 0.00333. The standard InChI is InChI=1S/C11H8BrFN2O2/c12-9-10(16)14-6-15(11(9)17)5-7-2-1-3-8(13)4-7/h1-4,6,16H,5H2. The summed E-state index contributed by atoms with van der Waals surface area (Å²) in [4.78, 5) is 15.3. The molecule has 1 heterocycles. The van der Waals surface area contributed by atoms with E-state index in [4.69, 9.17) is 0 Å². The van der Waals surface area contributed by atoms with Crippen LogP contribution in [-0.4, -0.2) is 14.7 Å². The van der Waals surface area contributed by atoms with E-state index in [-0.39, 0.29) is 22.7 Å². The number of benzene rings is 1. The normalized spacial score (nSPS) is 10.5. The van der Waals surface area contributed by atoms with E-state index in [1.807, 2.05) is 0 Å². The van der Waals surface area contributed by atoms with E-state index in [0.29, 0.717) is 5.56 Å². The van der Waals surface area contributed by atoms with Gasteiger partial charge in [0, 0.05) is 0 Å². The van der Waals surface area contributed by atoms with E-state index in [0.717, 1.165) is 0 Å². The van der Waals surface area contributed by atoms with Crippen LogP contribution in [0.3, 0.4) is 0 Å². The lowest BCUT2D eigenvalue weighted by atomic mass is 10.2. The van der Waals surface area contributed by atoms with Gasteiger partial charge in [-0.15, -0.1) is 0 Å². The van der Waals surface area contributed by atoms with E-state index in [2.05, 4.69) is 20.9 Å². The van der Waals surface area contributed by atoms with Crippen molar-refractivity contribution in [2.75, 3.05) is 0 Å². The molecule has 0 spiro atoms. The molecule has 0 aliphatic heterocycles. The smallest absolute Gasteiger partial charge is 0.271 e. The van der Waals surface area contributed by atoms with E-state index in [1.165, 1.54) is 23.0 Å². The molecule has 2 aromatic rings. The van der Waals surface area contributed by atoms with Crippen molar-refractivity contribution in [2.24, 2.45) is 0 Å². The molecule has 0 fully saturated rings. The minimum Gasteiger partial charge on any atom is -0.492 e. The fraction of sp³-hybridized carbons (Fsp3) is 0.0909. The Kier molecular flexibility index (Phi) is 3.23. The number of aromatic hydroxyl groups is 1. The van der Waals surface area contributed by atoms with Gasteiger partial charge in [-0.3, -0.25) is 9.36 Å². The van der Waals surface area contributed by atoms with Crippen molar-refractivity contribution in [2.45, 2.75) is 6.54 Å². The topological polar surface area (TPSA) is 55.1 Å². The number of rotatable bonds is 2. The zero-order valence-electron chi connectivity index (χ0n) is 8.60. The Labute approximate surface area is 104 Å². The molecule has 1 aromatic carbocycles. The molecule has 2 rings (SSSR count). The van der Waals surface area contributed by atoms with Gasteiger partial charge in [0.1, 0.15) is 16.6 Å². The Bertz CT molecular complexity index is 613. The maximum absolute atomic E-state index is 13.0. The molecule has 1 aromatic heterocycles. The quantitative estimate of drug-likeness (QED) is 0.921. The van der Waals surface area contributed by atoms with Gasteiger partial charge in [0.15, 0.2) is 0 Å². The second-order valence-corrected chi connectivity index (χ2v) is 4.24. The SMILES string of the molecule is O=c1c(Br)c(O)ncn1Cc1cccc(F)c1. The summed E-state index contributed by atoms with van der Waals surface area (Å²) in [7, 11) is 0. The van der Waals surface area contributed by atoms with Gasteiger partial charge in [0.25, 0.3) is 5.56 Å². The first-order valence-corrected chi connectivity index (χ1v) is 5.55. The molecular formula is C11H8BrFN2O2. The summed E-state index contributed by atoms with van der Waals surface area (Å²) in [6, 6.07) is 5.94. The molecule has 88 valence electrons. The average molecular weight is 299 g/mol. The van der Waals surface area contributed by atoms with Crippen molar-refractivity contribution < 1.29 is 9.50 Å². The third-order valence-corrected chi connectivity index (χ3v) is 2.90. The van der Waals surface area contributed by atoms with E-state index < -0.39 is 5.56 Å². The highest BCUT2D eigenvalue weighted by Crippen LogP contribution is 2.14. The lowest BCUT2D eigenvalue weighted by Crippen LogP contribution is -2.21. The summed E-state index contributed by atoms with van der Waals surface area (Å²) in [5.41, 5.74) is 0.230. The van der Waals surface area contributed by atoms with Crippen LogP contribution in [0.1, 0.15) is 5.56 Å². The van der Waals surface area contributed by atoms with E-state index >= 15 is 0 Å². The molecule has 1 N–H and O–H groups in total. The van der Waals surface area contributed by atoms with Gasteiger partial charge in [-0.2, -0.15) is 0 Å². The molecule has 0 atom stereocenters. The van der Waals surface area contributed by atoms with Crippen molar-refractivity contribution in [3.05, 3.63) is 56.8 Å². The number of aromatic nitrogens is 2. The van der Waals surface area contributed by atoms with Gasteiger partial charge in [-0.25, -0.2) is 9.37 Å². The van der Waals surface area contributed by atoms with Crippen LogP contribution in [0.15, 0.2) is 39.9 Å². The van der Waals surface area contributed by atoms with Gasteiger partial charge < -0.3 is 5.11 Å². The molecule has 0 aliphatic rings. The maximum Gasteiger partial charge on any atom is 0.271 e. The molecule has 0 unspecified atom stereocenters. The molecule has 0 amide bonds. The second-order valence-electron chi connectivity index (χ2n) is 3.45. The first-order chi connectivity index (χ1) is 8.08. The Morgan fingerprint density at radius 1 is 1.47 bits per heavy atom. The van der Waals surface area contributed by atoms with Crippen LogP contribution in [0.25, 0.3) is 0 Å². The van der Waals surface area contributed by atoms with Gasteiger partial charge in [-0.05, 0) is 33.6 Å². The highest BCUT2D eigenvalue weighted by molar-refractivity contribution is 9.10. The highest BCUT2D eigenvalue weighted by Gasteiger charge is 2.08. The van der Waals surface area contributed by atoms with Crippen LogP contribution in [0.4, 0.5) is 4.39 Å². The molecule has 6 heteroatoms. The lowest BCUT2D eigenvalue weighted by molar-refractivity contribution is 0.442. The molecule has 0 bridgehead atoms. The molecular weight excluding hydrogens is 291 g/mol. The predicted octanol–water partition coefficient (Wildman–Crippen LogP) is 1.90. The van der Waals surface area contributed by atoms with E-state index in [9.17, 15) is 14.3 Å². The fourth-order valence-electron chi connectivity index (χ4n) is 1.40. The monoisotopic (exact) mass is 298 g/mol. The summed E-state index contributed by atoms with van der Waals surface area (Å²) < 4.78 is 14.2. The van der Waals surface area contributed by atoms with Gasteiger partial charge in [0.2, 0.25) is 5.88 Å². The molecule has 4 nitrogen and oxygen atoms in total. The zero-order chi connectivity index (χ0) is 12.4. The third kappa shape index (κ3) is 2.52. The number of hydrogen-bond acceptors (Lipinski definition) is 3. The summed E-state index contributed by atoms with van der Waals surface area (Å²) in [5, 5.41) is 9.20. The first-order valence-electron chi connectivity index (χ1n) is 4.76. The van der Waals surface area contributed by atoms with Crippen LogP contribution in [0, 0.1) is 5.82 Å². The van der Waals surface area contributed by atoms with Crippen LogP contribution < -0.4 is 5.56 Å². The fourth-order valence-corrected chi connectivity index (χ4v) is 1.73. The molecule has 0 saturated heterocycles. The molecule has 0 saturated carbocycles. The summed E-state index contributed by atoms with van der Waals surface area (Å²) in [5.74, 6) is -0.716. The summed E-state index contributed by atoms with van der Waals surface area (Å²) in [6.45, 7) is 0.197. The number of nitrogens with zero attached hydrogens (tertiary/aromatic N) is 2. The van der Waals surface area contributed by atoms with Gasteiger partial charge in [0.05, 0.1) is 6.54 Å². The Hall–Kier alpha value is -1.69. The van der Waals surface area contributed by atoms with Crippen LogP contribution in [0.2, 0.25) is 0 Å². The first kappa shape index (κ1) is 11.8. The molecule has 0 aliphatic carbocycles. The van der Waals surface area contributed by atoms with Crippen LogP contribution >= 0.6 is 15.9 Å². The minimum atomic E-state index is -0.415. The Balaban J connectivity index is 2.37. The number of halogens is 2. The third-order valence-electron chi connectivity index (χ3n) is 2.21. The van der Waals surface area contributed by atoms with Crippen molar-refractivity contribution in [1.29, 1.82) is 0 Å². The van der Waals surface area contributed by atoms with Gasteiger partial charge >= 0.3 is 0 Å². The van der Waals surface area contributed by atoms with Crippen molar-refractivity contribution in [1.82, 2.24) is 9.55 Å². The average Bonchev–Trinajstić information content (AvgIpc) is 2.30. The molecule has 0 radical (unpaired) electrons. The highest BCUT2D eigenvalue weighted by atomic mass is 79.9. The van der Waals surface area contributed by atoms with E-state index in [1.54, 1.807) is 12.1 Å². The summed E-state index contributed by atoms with van der Waals surface area (Å²) in [6.07, 6.45) is 1.22. The zero-order valence-corrected chi connectivity index (χ0v) is 10.2. The lowest BCUT2D eigenvalue weighted by Gasteiger charge is -2.06. The second kappa shape index (κ2) is 4.67. The molecule has 17 heavy (non-hydrogen) atoms. The van der Waals surface area contributed by atoms with Crippen LogP contribution in [0.5, 0.6) is 5.88 Å². The summed E-state index contributed by atoms with van der Waals surface area (Å²) >= 11 is 2.94.